The zero-order valence-electron chi connectivity index (χ0n) is 9.05. The molecule has 6 heteroatoms. The van der Waals surface area contributed by atoms with E-state index in [0.717, 1.165) is 30.0 Å². The molecule has 1 unspecified atom stereocenters. The van der Waals surface area contributed by atoms with Gasteiger partial charge in [0.15, 0.2) is 9.84 Å². The van der Waals surface area contributed by atoms with Gasteiger partial charge in [0.1, 0.15) is 0 Å². The van der Waals surface area contributed by atoms with Gasteiger partial charge < -0.3 is 5.73 Å². The van der Waals surface area contributed by atoms with E-state index in [0.29, 0.717) is 12.3 Å². The molecule has 2 N–H and O–H groups in total. The van der Waals surface area contributed by atoms with Crippen LogP contribution in [0.25, 0.3) is 0 Å². The number of thiazole rings is 1. The molecule has 0 spiro atoms. The van der Waals surface area contributed by atoms with Crippen LogP contribution in [0, 0.1) is 0 Å². The molecule has 0 amide bonds. The zero-order valence-corrected chi connectivity index (χ0v) is 10.7. The minimum Gasteiger partial charge on any atom is -0.330 e. The number of aromatic nitrogens is 1. The van der Waals surface area contributed by atoms with Crippen LogP contribution in [0.1, 0.15) is 29.5 Å². The molecule has 0 radical (unpaired) electrons. The lowest BCUT2D eigenvalue weighted by atomic mass is 10.1. The van der Waals surface area contributed by atoms with Gasteiger partial charge >= 0.3 is 0 Å². The fraction of sp³-hybridized carbons (Fsp3) is 0.700. The molecule has 1 saturated heterocycles. The topological polar surface area (TPSA) is 73.1 Å². The maximum atomic E-state index is 11.4. The van der Waals surface area contributed by atoms with Gasteiger partial charge in [0.2, 0.25) is 0 Å². The van der Waals surface area contributed by atoms with Crippen LogP contribution in [0.15, 0.2) is 5.38 Å². The summed E-state index contributed by atoms with van der Waals surface area (Å²) in [5, 5.41) is 3.00. The summed E-state index contributed by atoms with van der Waals surface area (Å²) in [6, 6.07) is 0. The molecule has 16 heavy (non-hydrogen) atoms. The lowest BCUT2D eigenvalue weighted by Gasteiger charge is -2.01. The summed E-state index contributed by atoms with van der Waals surface area (Å²) < 4.78 is 22.7. The van der Waals surface area contributed by atoms with Crippen molar-refractivity contribution in [1.82, 2.24) is 4.98 Å². The summed E-state index contributed by atoms with van der Waals surface area (Å²) >= 11 is 1.58. The molecular formula is C10H16N2O2S2. The second kappa shape index (κ2) is 4.81. The van der Waals surface area contributed by atoms with Crippen molar-refractivity contribution in [2.24, 2.45) is 5.73 Å². The van der Waals surface area contributed by atoms with Gasteiger partial charge in [0, 0.05) is 11.3 Å². The van der Waals surface area contributed by atoms with Crippen molar-refractivity contribution < 1.29 is 8.42 Å². The van der Waals surface area contributed by atoms with Crippen molar-refractivity contribution in [3.8, 4) is 0 Å². The van der Waals surface area contributed by atoms with E-state index in [-0.39, 0.29) is 11.7 Å². The van der Waals surface area contributed by atoms with E-state index in [1.165, 1.54) is 0 Å². The molecule has 1 fully saturated rings. The number of hydrogen-bond donors (Lipinski definition) is 1. The molecule has 1 aromatic heterocycles. The first-order valence-electron chi connectivity index (χ1n) is 5.45. The van der Waals surface area contributed by atoms with E-state index in [1.807, 2.05) is 5.38 Å². The molecule has 2 heterocycles. The Morgan fingerprint density at radius 2 is 2.38 bits per heavy atom. The highest BCUT2D eigenvalue weighted by atomic mass is 32.2. The quantitative estimate of drug-likeness (QED) is 0.874. The van der Waals surface area contributed by atoms with Crippen molar-refractivity contribution >= 4 is 21.2 Å². The van der Waals surface area contributed by atoms with E-state index < -0.39 is 9.84 Å². The first kappa shape index (κ1) is 12.0. The number of hydrogen-bond acceptors (Lipinski definition) is 5. The Labute approximate surface area is 99.8 Å². The number of nitrogens with zero attached hydrogens (tertiary/aromatic N) is 1. The van der Waals surface area contributed by atoms with Gasteiger partial charge in [0.25, 0.3) is 0 Å². The molecular weight excluding hydrogens is 244 g/mol. The SMILES string of the molecule is NCCCc1csc(C2CCS(=O)(=O)C2)n1. The smallest absolute Gasteiger partial charge is 0.151 e. The summed E-state index contributed by atoms with van der Waals surface area (Å²) in [4.78, 5) is 4.49. The van der Waals surface area contributed by atoms with Crippen LogP contribution in [0.3, 0.4) is 0 Å². The third-order valence-electron chi connectivity index (χ3n) is 2.79. The molecule has 1 aliphatic heterocycles. The van der Waals surface area contributed by atoms with Crippen molar-refractivity contribution in [2.45, 2.75) is 25.2 Å². The largest absolute Gasteiger partial charge is 0.330 e. The Balaban J connectivity index is 2.02. The third-order valence-corrected chi connectivity index (χ3v) is 5.61. The van der Waals surface area contributed by atoms with Crippen LogP contribution in [-0.4, -0.2) is 31.5 Å². The highest BCUT2D eigenvalue weighted by Crippen LogP contribution is 2.30. The van der Waals surface area contributed by atoms with Gasteiger partial charge in [0.05, 0.1) is 22.2 Å². The summed E-state index contributed by atoms with van der Waals surface area (Å²) in [6.45, 7) is 0.671. The second-order valence-corrected chi connectivity index (χ2v) is 7.29. The van der Waals surface area contributed by atoms with Crippen molar-refractivity contribution in [3.05, 3.63) is 16.1 Å². The Morgan fingerprint density at radius 3 is 3.00 bits per heavy atom. The maximum Gasteiger partial charge on any atom is 0.151 e. The minimum atomic E-state index is -2.80. The Hall–Kier alpha value is -0.460. The summed E-state index contributed by atoms with van der Waals surface area (Å²) in [5.41, 5.74) is 6.49. The number of sulfone groups is 1. The normalized spacial score (nSPS) is 23.7. The van der Waals surface area contributed by atoms with Crippen molar-refractivity contribution in [1.29, 1.82) is 0 Å². The molecule has 1 aliphatic rings. The third kappa shape index (κ3) is 2.81. The molecule has 4 nitrogen and oxygen atoms in total. The fourth-order valence-corrected chi connectivity index (χ4v) is 4.74. The minimum absolute atomic E-state index is 0.127. The Kier molecular flexibility index (Phi) is 3.61. The predicted octanol–water partition coefficient (Wildman–Crippen LogP) is 0.937. The average molecular weight is 260 g/mol. The molecule has 2 rings (SSSR count). The number of aryl methyl sites for hydroxylation is 1. The van der Waals surface area contributed by atoms with Gasteiger partial charge in [-0.05, 0) is 25.8 Å². The average Bonchev–Trinajstić information content (AvgIpc) is 2.81. The van der Waals surface area contributed by atoms with E-state index in [4.69, 9.17) is 5.73 Å². The summed E-state index contributed by atoms with van der Waals surface area (Å²) in [6.07, 6.45) is 2.56. The summed E-state index contributed by atoms with van der Waals surface area (Å²) in [7, 11) is -2.80. The van der Waals surface area contributed by atoms with E-state index in [1.54, 1.807) is 11.3 Å². The Morgan fingerprint density at radius 1 is 1.56 bits per heavy atom. The van der Waals surface area contributed by atoms with Crippen molar-refractivity contribution in [2.75, 3.05) is 18.1 Å². The highest BCUT2D eigenvalue weighted by molar-refractivity contribution is 7.91. The molecule has 0 bridgehead atoms. The van der Waals surface area contributed by atoms with E-state index in [9.17, 15) is 8.42 Å². The van der Waals surface area contributed by atoms with Crippen LogP contribution in [0.2, 0.25) is 0 Å². The zero-order chi connectivity index (χ0) is 11.6. The summed E-state index contributed by atoms with van der Waals surface area (Å²) in [5.74, 6) is 0.716. The maximum absolute atomic E-state index is 11.4. The first-order valence-corrected chi connectivity index (χ1v) is 8.15. The van der Waals surface area contributed by atoms with Gasteiger partial charge in [-0.15, -0.1) is 11.3 Å². The molecule has 0 saturated carbocycles. The van der Waals surface area contributed by atoms with E-state index in [2.05, 4.69) is 4.98 Å². The lowest BCUT2D eigenvalue weighted by molar-refractivity contribution is 0.601. The van der Waals surface area contributed by atoms with Crippen molar-refractivity contribution in [3.63, 3.8) is 0 Å². The second-order valence-electron chi connectivity index (χ2n) is 4.17. The molecule has 1 aromatic rings. The monoisotopic (exact) mass is 260 g/mol. The van der Waals surface area contributed by atoms with Crippen LogP contribution >= 0.6 is 11.3 Å². The first-order chi connectivity index (χ1) is 7.61. The van der Waals surface area contributed by atoms with Gasteiger partial charge in [-0.2, -0.15) is 0 Å². The highest BCUT2D eigenvalue weighted by Gasteiger charge is 2.30. The van der Waals surface area contributed by atoms with E-state index >= 15 is 0 Å². The molecule has 0 aromatic carbocycles. The number of rotatable bonds is 4. The van der Waals surface area contributed by atoms with Crippen LogP contribution in [-0.2, 0) is 16.3 Å². The Bertz CT molecular complexity index is 453. The van der Waals surface area contributed by atoms with Gasteiger partial charge in [-0.3, -0.25) is 0 Å². The van der Waals surface area contributed by atoms with Crippen LogP contribution < -0.4 is 5.73 Å². The molecule has 0 aliphatic carbocycles. The fourth-order valence-electron chi connectivity index (χ4n) is 1.90. The van der Waals surface area contributed by atoms with Gasteiger partial charge in [-0.25, -0.2) is 13.4 Å². The number of nitrogens with two attached hydrogens (primary N) is 1. The standard InChI is InChI=1S/C10H16N2O2S2/c11-4-1-2-9-6-15-10(12-9)8-3-5-16(13,14)7-8/h6,8H,1-5,7,11H2. The predicted molar refractivity (Wildman–Crippen MR) is 65.5 cm³/mol. The lowest BCUT2D eigenvalue weighted by Crippen LogP contribution is -2.04. The molecule has 1 atom stereocenters. The van der Waals surface area contributed by atoms with Crippen LogP contribution in [0.4, 0.5) is 0 Å². The van der Waals surface area contributed by atoms with Crippen LogP contribution in [0.5, 0.6) is 0 Å². The van der Waals surface area contributed by atoms with Gasteiger partial charge in [-0.1, -0.05) is 0 Å². The molecule has 90 valence electrons.